The first kappa shape index (κ1) is 30.8. The minimum Gasteiger partial charge on any atom is -0.457 e. The average Bonchev–Trinajstić information content (AvgIpc) is 3.16. The van der Waals surface area contributed by atoms with Crippen LogP contribution >= 0.6 is 0 Å². The van der Waals surface area contributed by atoms with Crippen molar-refractivity contribution < 1.29 is 4.74 Å². The molecule has 0 unspecified atom stereocenters. The third-order valence-corrected chi connectivity index (χ3v) is 10.5. The van der Waals surface area contributed by atoms with Gasteiger partial charge in [0.05, 0.1) is 0 Å². The fourth-order valence-corrected chi connectivity index (χ4v) is 7.91. The maximum Gasteiger partial charge on any atom is 0.135 e. The van der Waals surface area contributed by atoms with E-state index >= 15 is 0 Å². The van der Waals surface area contributed by atoms with E-state index in [1.165, 1.54) is 88.0 Å². The standard InChI is InChI=1S/C50H38O/c1-31-19-21-33(3)44(27-31)49-46-29-37(40-17-9-13-35-11-5-7-15-39(35)40)23-25-42(46)43-26-24-38(51-48-18-10-14-36-12-6-8-16-41(36)48)30-47(43)50(49)45-28-32(2)20-22-34(45)4/h5-30H,1-4H3. The van der Waals surface area contributed by atoms with Crippen molar-refractivity contribution in [3.05, 3.63) is 180 Å². The van der Waals surface area contributed by atoms with Crippen LogP contribution in [0.4, 0.5) is 0 Å². The molecular formula is C50H38O. The molecule has 0 N–H and O–H groups in total. The molecule has 0 aliphatic rings. The number of rotatable bonds is 5. The van der Waals surface area contributed by atoms with E-state index in [1.54, 1.807) is 0 Å². The molecule has 1 nitrogen and oxygen atoms in total. The number of benzene rings is 9. The molecule has 1 heteroatoms. The highest BCUT2D eigenvalue weighted by Crippen LogP contribution is 2.49. The van der Waals surface area contributed by atoms with Gasteiger partial charge < -0.3 is 4.74 Å². The zero-order valence-electron chi connectivity index (χ0n) is 29.4. The molecule has 0 heterocycles. The first-order valence-corrected chi connectivity index (χ1v) is 17.8. The van der Waals surface area contributed by atoms with Crippen molar-refractivity contribution in [1.82, 2.24) is 0 Å². The van der Waals surface area contributed by atoms with Crippen molar-refractivity contribution in [3.8, 4) is 44.9 Å². The molecule has 0 aromatic heterocycles. The van der Waals surface area contributed by atoms with Crippen LogP contribution in [0, 0.1) is 27.7 Å². The SMILES string of the molecule is Cc1ccc(C)c(-c2c(-c3cc(C)ccc3C)c3cc(-c4cccc5ccccc45)ccc3c3ccc(Oc4cccc5ccccc45)cc23)c1. The summed E-state index contributed by atoms with van der Waals surface area (Å²) in [6.07, 6.45) is 0. The summed E-state index contributed by atoms with van der Waals surface area (Å²) in [5.74, 6) is 1.68. The fraction of sp³-hybridized carbons (Fsp3) is 0.0800. The summed E-state index contributed by atoms with van der Waals surface area (Å²) in [7, 11) is 0. The van der Waals surface area contributed by atoms with Gasteiger partial charge in [0.15, 0.2) is 0 Å². The van der Waals surface area contributed by atoms with Crippen molar-refractivity contribution in [2.75, 3.05) is 0 Å². The molecule has 0 bridgehead atoms. The Balaban J connectivity index is 1.41. The van der Waals surface area contributed by atoms with Gasteiger partial charge in [-0.05, 0) is 134 Å². The molecule has 0 atom stereocenters. The Bertz CT molecular complexity index is 2810. The molecule has 0 aliphatic heterocycles. The number of ether oxygens (including phenoxy) is 1. The largest absolute Gasteiger partial charge is 0.457 e. The lowest BCUT2D eigenvalue weighted by Crippen LogP contribution is -1.97. The second kappa shape index (κ2) is 12.3. The van der Waals surface area contributed by atoms with Gasteiger partial charge >= 0.3 is 0 Å². The van der Waals surface area contributed by atoms with Crippen molar-refractivity contribution in [1.29, 1.82) is 0 Å². The Hall–Kier alpha value is -6.18. The molecule has 0 saturated carbocycles. The minimum absolute atomic E-state index is 0.823. The first-order chi connectivity index (χ1) is 24.9. The highest BCUT2D eigenvalue weighted by atomic mass is 16.5. The van der Waals surface area contributed by atoms with E-state index in [4.69, 9.17) is 4.74 Å². The highest BCUT2D eigenvalue weighted by molar-refractivity contribution is 6.23. The monoisotopic (exact) mass is 654 g/mol. The lowest BCUT2D eigenvalue weighted by molar-refractivity contribution is 0.489. The summed E-state index contributed by atoms with van der Waals surface area (Å²) in [5.41, 5.74) is 12.5. The van der Waals surface area contributed by atoms with E-state index in [1.807, 2.05) is 0 Å². The third kappa shape index (κ3) is 5.34. The molecule has 51 heavy (non-hydrogen) atoms. The maximum absolute atomic E-state index is 6.76. The van der Waals surface area contributed by atoms with Gasteiger partial charge in [-0.1, -0.05) is 145 Å². The van der Waals surface area contributed by atoms with Crippen LogP contribution in [0.1, 0.15) is 22.3 Å². The summed E-state index contributed by atoms with van der Waals surface area (Å²) in [5, 5.41) is 9.66. The van der Waals surface area contributed by atoms with Crippen LogP contribution in [0.3, 0.4) is 0 Å². The number of aryl methyl sites for hydroxylation is 4. The zero-order valence-corrected chi connectivity index (χ0v) is 29.4. The minimum atomic E-state index is 0.823. The molecule has 0 spiro atoms. The van der Waals surface area contributed by atoms with Crippen LogP contribution in [0.25, 0.3) is 76.5 Å². The normalized spacial score (nSPS) is 11.5. The molecule has 0 aliphatic carbocycles. The van der Waals surface area contributed by atoms with Crippen LogP contribution in [-0.4, -0.2) is 0 Å². The first-order valence-electron chi connectivity index (χ1n) is 17.8. The molecule has 0 saturated heterocycles. The Morgan fingerprint density at radius 3 is 1.59 bits per heavy atom. The van der Waals surface area contributed by atoms with Crippen molar-refractivity contribution in [2.45, 2.75) is 27.7 Å². The number of fused-ring (bicyclic) bond motifs is 5. The maximum atomic E-state index is 6.76. The van der Waals surface area contributed by atoms with Crippen molar-refractivity contribution in [3.63, 3.8) is 0 Å². The molecule has 9 aromatic carbocycles. The Labute approximate surface area is 299 Å². The average molecular weight is 655 g/mol. The molecule has 0 radical (unpaired) electrons. The van der Waals surface area contributed by atoms with E-state index in [9.17, 15) is 0 Å². The van der Waals surface area contributed by atoms with E-state index < -0.39 is 0 Å². The van der Waals surface area contributed by atoms with Gasteiger partial charge in [0, 0.05) is 5.39 Å². The van der Waals surface area contributed by atoms with Crippen LogP contribution in [0.2, 0.25) is 0 Å². The second-order valence-electron chi connectivity index (χ2n) is 14.0. The highest BCUT2D eigenvalue weighted by Gasteiger charge is 2.22. The van der Waals surface area contributed by atoms with Crippen LogP contribution in [0.15, 0.2) is 158 Å². The zero-order chi connectivity index (χ0) is 34.6. The molecule has 9 rings (SSSR count). The predicted molar refractivity (Wildman–Crippen MR) is 218 cm³/mol. The van der Waals surface area contributed by atoms with Crippen LogP contribution in [-0.2, 0) is 0 Å². The third-order valence-electron chi connectivity index (χ3n) is 10.5. The smallest absolute Gasteiger partial charge is 0.135 e. The van der Waals surface area contributed by atoms with E-state index in [2.05, 4.69) is 185 Å². The van der Waals surface area contributed by atoms with Crippen molar-refractivity contribution in [2.24, 2.45) is 0 Å². The number of hydrogen-bond donors (Lipinski definition) is 0. The molecule has 0 fully saturated rings. The summed E-state index contributed by atoms with van der Waals surface area (Å²) in [6.45, 7) is 8.87. The summed E-state index contributed by atoms with van der Waals surface area (Å²) < 4.78 is 6.76. The number of hydrogen-bond acceptors (Lipinski definition) is 1. The molecule has 0 amide bonds. The summed E-state index contributed by atoms with van der Waals surface area (Å²) in [6, 6.07) is 57.4. The quantitative estimate of drug-likeness (QED) is 0.168. The van der Waals surface area contributed by atoms with Crippen LogP contribution < -0.4 is 4.74 Å². The van der Waals surface area contributed by atoms with Gasteiger partial charge in [-0.15, -0.1) is 0 Å². The van der Waals surface area contributed by atoms with E-state index in [0.29, 0.717) is 0 Å². The van der Waals surface area contributed by atoms with Crippen molar-refractivity contribution >= 4 is 43.1 Å². The van der Waals surface area contributed by atoms with E-state index in [0.717, 1.165) is 22.3 Å². The molecular weight excluding hydrogens is 617 g/mol. The Kier molecular flexibility index (Phi) is 7.44. The van der Waals surface area contributed by atoms with Gasteiger partial charge in [0.2, 0.25) is 0 Å². The lowest BCUT2D eigenvalue weighted by Gasteiger charge is -2.23. The Morgan fingerprint density at radius 1 is 0.353 bits per heavy atom. The Morgan fingerprint density at radius 2 is 0.902 bits per heavy atom. The van der Waals surface area contributed by atoms with E-state index in [-0.39, 0.29) is 0 Å². The lowest BCUT2D eigenvalue weighted by atomic mass is 9.81. The topological polar surface area (TPSA) is 9.23 Å². The molecule has 9 aromatic rings. The van der Waals surface area contributed by atoms with Gasteiger partial charge in [-0.25, -0.2) is 0 Å². The predicted octanol–water partition coefficient (Wildman–Crippen LogP) is 14.3. The van der Waals surface area contributed by atoms with Gasteiger partial charge in [-0.3, -0.25) is 0 Å². The van der Waals surface area contributed by atoms with Gasteiger partial charge in [0.25, 0.3) is 0 Å². The summed E-state index contributed by atoms with van der Waals surface area (Å²) in [4.78, 5) is 0. The van der Waals surface area contributed by atoms with Gasteiger partial charge in [0.1, 0.15) is 11.5 Å². The molecule has 244 valence electrons. The summed E-state index contributed by atoms with van der Waals surface area (Å²) >= 11 is 0. The second-order valence-corrected chi connectivity index (χ2v) is 14.0. The van der Waals surface area contributed by atoms with Crippen LogP contribution in [0.5, 0.6) is 11.5 Å². The van der Waals surface area contributed by atoms with Gasteiger partial charge in [-0.2, -0.15) is 0 Å². The fourth-order valence-electron chi connectivity index (χ4n) is 7.91.